The molecule has 0 saturated carbocycles. The van der Waals surface area contributed by atoms with Gasteiger partial charge in [0.15, 0.2) is 0 Å². The monoisotopic (exact) mass is 268 g/mol. The second kappa shape index (κ2) is 5.68. The van der Waals surface area contributed by atoms with Gasteiger partial charge in [0.1, 0.15) is 5.01 Å². The number of hydrogen-bond acceptors (Lipinski definition) is 4. The molecule has 0 aliphatic carbocycles. The van der Waals surface area contributed by atoms with Crippen LogP contribution in [0.5, 0.6) is 0 Å². The Morgan fingerprint density at radius 2 is 2.33 bits per heavy atom. The number of nitrogens with one attached hydrogen (secondary N) is 1. The highest BCUT2D eigenvalue weighted by Gasteiger charge is 2.22. The molecular formula is C14H24N2OS. The van der Waals surface area contributed by atoms with Gasteiger partial charge in [0.05, 0.1) is 12.3 Å². The zero-order valence-corrected chi connectivity index (χ0v) is 12.6. The lowest BCUT2D eigenvalue weighted by molar-refractivity contribution is 0.178. The van der Waals surface area contributed by atoms with Crippen LogP contribution in [-0.4, -0.2) is 24.2 Å². The van der Waals surface area contributed by atoms with E-state index < -0.39 is 0 Å². The first-order valence-corrected chi connectivity index (χ1v) is 7.61. The summed E-state index contributed by atoms with van der Waals surface area (Å²) < 4.78 is 5.43. The van der Waals surface area contributed by atoms with Crippen molar-refractivity contribution in [2.45, 2.75) is 52.1 Å². The maximum absolute atomic E-state index is 5.43. The lowest BCUT2D eigenvalue weighted by Gasteiger charge is -2.18. The third-order valence-corrected chi connectivity index (χ3v) is 4.42. The molecule has 1 aromatic heterocycles. The van der Waals surface area contributed by atoms with Crippen molar-refractivity contribution in [1.29, 1.82) is 0 Å². The van der Waals surface area contributed by atoms with Crippen LogP contribution in [0.1, 0.15) is 44.8 Å². The summed E-state index contributed by atoms with van der Waals surface area (Å²) in [6.07, 6.45) is 1.18. The Labute approximate surface area is 114 Å². The summed E-state index contributed by atoms with van der Waals surface area (Å²) in [5.74, 6) is 0.659. The second-order valence-corrected chi connectivity index (χ2v) is 7.11. The number of thiazole rings is 1. The molecule has 18 heavy (non-hydrogen) atoms. The largest absolute Gasteiger partial charge is 0.381 e. The molecule has 0 aromatic carbocycles. The molecule has 0 amide bonds. The summed E-state index contributed by atoms with van der Waals surface area (Å²) >= 11 is 1.76. The number of ether oxygens (including phenoxy) is 1. The van der Waals surface area contributed by atoms with Crippen LogP contribution in [0.15, 0.2) is 5.38 Å². The van der Waals surface area contributed by atoms with Crippen molar-refractivity contribution in [3.63, 3.8) is 0 Å². The molecule has 4 heteroatoms. The Kier molecular flexibility index (Phi) is 4.41. The quantitative estimate of drug-likeness (QED) is 0.911. The number of hydrogen-bond donors (Lipinski definition) is 1. The summed E-state index contributed by atoms with van der Waals surface area (Å²) in [5.41, 5.74) is 1.35. The first-order chi connectivity index (χ1) is 8.47. The van der Waals surface area contributed by atoms with Crippen LogP contribution >= 0.6 is 11.3 Å². The standard InChI is InChI=1S/C14H24N2OS/c1-10(11-5-6-17-8-11)15-7-13-16-12(9-18-13)14(2,3)4/h9-11,15H,5-8H2,1-4H3. The van der Waals surface area contributed by atoms with Gasteiger partial charge in [0.25, 0.3) is 0 Å². The van der Waals surface area contributed by atoms with E-state index in [4.69, 9.17) is 9.72 Å². The van der Waals surface area contributed by atoms with Gasteiger partial charge in [-0.25, -0.2) is 4.98 Å². The molecule has 1 fully saturated rings. The molecular weight excluding hydrogens is 244 g/mol. The van der Waals surface area contributed by atoms with Crippen molar-refractivity contribution in [3.05, 3.63) is 16.1 Å². The molecule has 0 bridgehead atoms. The van der Waals surface area contributed by atoms with Gasteiger partial charge < -0.3 is 10.1 Å². The predicted molar refractivity (Wildman–Crippen MR) is 76.0 cm³/mol. The van der Waals surface area contributed by atoms with E-state index in [0.29, 0.717) is 12.0 Å². The fraction of sp³-hybridized carbons (Fsp3) is 0.786. The maximum Gasteiger partial charge on any atom is 0.107 e. The Morgan fingerprint density at radius 1 is 1.56 bits per heavy atom. The van der Waals surface area contributed by atoms with Gasteiger partial charge in [0, 0.05) is 30.0 Å². The van der Waals surface area contributed by atoms with E-state index >= 15 is 0 Å². The van der Waals surface area contributed by atoms with Crippen LogP contribution in [-0.2, 0) is 16.7 Å². The minimum atomic E-state index is 0.152. The van der Waals surface area contributed by atoms with E-state index in [1.165, 1.54) is 17.1 Å². The highest BCUT2D eigenvalue weighted by molar-refractivity contribution is 7.09. The average Bonchev–Trinajstić information content (AvgIpc) is 2.96. The SMILES string of the molecule is CC(NCc1nc(C(C)(C)C)cs1)C1CCOC1. The van der Waals surface area contributed by atoms with Crippen molar-refractivity contribution in [1.82, 2.24) is 10.3 Å². The van der Waals surface area contributed by atoms with Crippen molar-refractivity contribution in [3.8, 4) is 0 Å². The smallest absolute Gasteiger partial charge is 0.107 e. The minimum Gasteiger partial charge on any atom is -0.381 e. The molecule has 2 heterocycles. The number of nitrogens with zero attached hydrogens (tertiary/aromatic N) is 1. The van der Waals surface area contributed by atoms with E-state index in [1.54, 1.807) is 11.3 Å². The van der Waals surface area contributed by atoms with Crippen LogP contribution < -0.4 is 5.32 Å². The highest BCUT2D eigenvalue weighted by atomic mass is 32.1. The van der Waals surface area contributed by atoms with E-state index in [9.17, 15) is 0 Å². The summed E-state index contributed by atoms with van der Waals surface area (Å²) in [6, 6.07) is 0.509. The lowest BCUT2D eigenvalue weighted by atomic mass is 9.93. The Bertz CT molecular complexity index is 377. The predicted octanol–water partition coefficient (Wildman–Crippen LogP) is 2.96. The first kappa shape index (κ1) is 14.0. The summed E-state index contributed by atoms with van der Waals surface area (Å²) in [5, 5.41) is 6.94. The van der Waals surface area contributed by atoms with Crippen molar-refractivity contribution >= 4 is 11.3 Å². The molecule has 2 atom stereocenters. The van der Waals surface area contributed by atoms with Gasteiger partial charge in [-0.05, 0) is 19.3 Å². The van der Waals surface area contributed by atoms with Crippen molar-refractivity contribution in [2.75, 3.05) is 13.2 Å². The first-order valence-electron chi connectivity index (χ1n) is 6.73. The highest BCUT2D eigenvalue weighted by Crippen LogP contribution is 2.24. The molecule has 1 aliphatic rings. The third kappa shape index (κ3) is 3.53. The van der Waals surface area contributed by atoms with Crippen molar-refractivity contribution < 1.29 is 4.74 Å². The minimum absolute atomic E-state index is 0.152. The molecule has 2 rings (SSSR count). The van der Waals surface area contributed by atoms with Gasteiger partial charge in [-0.15, -0.1) is 11.3 Å². The number of rotatable bonds is 4. The van der Waals surface area contributed by atoms with E-state index in [1.807, 2.05) is 0 Å². The maximum atomic E-state index is 5.43. The van der Waals surface area contributed by atoms with Crippen LogP contribution in [0.4, 0.5) is 0 Å². The average molecular weight is 268 g/mol. The van der Waals surface area contributed by atoms with Crippen LogP contribution in [0, 0.1) is 5.92 Å². The summed E-state index contributed by atoms with van der Waals surface area (Å²) in [7, 11) is 0. The summed E-state index contributed by atoms with van der Waals surface area (Å²) in [4.78, 5) is 4.70. The molecule has 1 N–H and O–H groups in total. The normalized spacial score (nSPS) is 22.3. The fourth-order valence-corrected chi connectivity index (χ4v) is 3.07. The molecule has 2 unspecified atom stereocenters. The lowest BCUT2D eigenvalue weighted by Crippen LogP contribution is -2.33. The molecule has 1 saturated heterocycles. The third-order valence-electron chi connectivity index (χ3n) is 3.57. The van der Waals surface area contributed by atoms with Gasteiger partial charge in [0.2, 0.25) is 0 Å². The molecule has 1 aliphatic heterocycles. The Hall–Kier alpha value is -0.450. The molecule has 0 radical (unpaired) electrons. The van der Waals surface area contributed by atoms with E-state index in [2.05, 4.69) is 38.4 Å². The summed E-state index contributed by atoms with van der Waals surface area (Å²) in [6.45, 7) is 11.6. The van der Waals surface area contributed by atoms with Gasteiger partial charge >= 0.3 is 0 Å². The van der Waals surface area contributed by atoms with Gasteiger partial charge in [-0.3, -0.25) is 0 Å². The zero-order chi connectivity index (χ0) is 13.2. The van der Waals surface area contributed by atoms with E-state index in [0.717, 1.165) is 19.8 Å². The van der Waals surface area contributed by atoms with Crippen LogP contribution in [0.2, 0.25) is 0 Å². The second-order valence-electron chi connectivity index (χ2n) is 6.17. The van der Waals surface area contributed by atoms with E-state index in [-0.39, 0.29) is 5.41 Å². The molecule has 1 aromatic rings. The Morgan fingerprint density at radius 3 is 2.89 bits per heavy atom. The molecule has 3 nitrogen and oxygen atoms in total. The number of aromatic nitrogens is 1. The van der Waals surface area contributed by atoms with Gasteiger partial charge in [-0.2, -0.15) is 0 Å². The van der Waals surface area contributed by atoms with Crippen LogP contribution in [0.3, 0.4) is 0 Å². The Balaban J connectivity index is 1.84. The van der Waals surface area contributed by atoms with Gasteiger partial charge in [-0.1, -0.05) is 20.8 Å². The molecule has 102 valence electrons. The fourth-order valence-electron chi connectivity index (χ4n) is 2.10. The van der Waals surface area contributed by atoms with Crippen LogP contribution in [0.25, 0.3) is 0 Å². The van der Waals surface area contributed by atoms with Crippen molar-refractivity contribution in [2.24, 2.45) is 5.92 Å². The zero-order valence-electron chi connectivity index (χ0n) is 11.8. The molecule has 0 spiro atoms. The topological polar surface area (TPSA) is 34.2 Å².